The van der Waals surface area contributed by atoms with Crippen molar-refractivity contribution in [2.75, 3.05) is 39.8 Å². The van der Waals surface area contributed by atoms with E-state index in [-0.39, 0.29) is 17.8 Å². The highest BCUT2D eigenvalue weighted by Crippen LogP contribution is 2.44. The van der Waals surface area contributed by atoms with E-state index in [1.165, 1.54) is 6.07 Å². The zero-order valence-electron chi connectivity index (χ0n) is 17.0. The Morgan fingerprint density at radius 2 is 2.03 bits per heavy atom. The van der Waals surface area contributed by atoms with Crippen LogP contribution in [0.5, 0.6) is 5.75 Å². The summed E-state index contributed by atoms with van der Waals surface area (Å²) in [7, 11) is 2.08. The van der Waals surface area contributed by atoms with E-state index in [4.69, 9.17) is 10.5 Å². The molecule has 2 saturated heterocycles. The average Bonchev–Trinajstić information content (AvgIpc) is 3.23. The maximum atomic E-state index is 13.8. The Hall–Kier alpha value is -2.44. The van der Waals surface area contributed by atoms with Gasteiger partial charge < -0.3 is 15.4 Å². The topological polar surface area (TPSA) is 58.8 Å². The highest BCUT2D eigenvalue weighted by molar-refractivity contribution is 5.95. The van der Waals surface area contributed by atoms with Crippen molar-refractivity contribution in [2.45, 2.75) is 13.0 Å². The number of nitrogens with zero attached hydrogens (tertiary/aromatic N) is 2. The van der Waals surface area contributed by atoms with Crippen molar-refractivity contribution >= 4 is 5.91 Å². The van der Waals surface area contributed by atoms with Gasteiger partial charge in [0, 0.05) is 43.7 Å². The maximum Gasteiger partial charge on any atom is 0.254 e. The number of halogens is 1. The minimum Gasteiger partial charge on any atom is -0.492 e. The highest BCUT2D eigenvalue weighted by Gasteiger charge is 2.47. The largest absolute Gasteiger partial charge is 0.492 e. The zero-order valence-corrected chi connectivity index (χ0v) is 17.0. The first-order valence-corrected chi connectivity index (χ1v) is 10.2. The fourth-order valence-electron chi connectivity index (χ4n) is 4.86. The van der Waals surface area contributed by atoms with Crippen LogP contribution in [0.25, 0.3) is 0 Å². The Bertz CT molecular complexity index is 903. The highest BCUT2D eigenvalue weighted by atomic mass is 19.1. The van der Waals surface area contributed by atoms with Crippen LogP contribution in [0.1, 0.15) is 27.5 Å². The van der Waals surface area contributed by atoms with Crippen LogP contribution < -0.4 is 10.5 Å². The molecule has 2 aliphatic heterocycles. The van der Waals surface area contributed by atoms with Crippen molar-refractivity contribution in [1.29, 1.82) is 0 Å². The zero-order chi connectivity index (χ0) is 20.5. The number of rotatable bonds is 5. The van der Waals surface area contributed by atoms with Crippen molar-refractivity contribution in [3.05, 3.63) is 65.0 Å². The molecule has 2 N–H and O–H groups in total. The second-order valence-corrected chi connectivity index (χ2v) is 8.19. The predicted octanol–water partition coefficient (Wildman–Crippen LogP) is 2.85. The molecule has 0 radical (unpaired) electrons. The Kier molecular flexibility index (Phi) is 5.56. The normalized spacial score (nSPS) is 24.0. The third kappa shape index (κ3) is 3.87. The van der Waals surface area contributed by atoms with E-state index in [2.05, 4.69) is 11.9 Å². The number of benzene rings is 2. The van der Waals surface area contributed by atoms with E-state index < -0.39 is 0 Å². The Morgan fingerprint density at radius 1 is 1.21 bits per heavy atom. The van der Waals surface area contributed by atoms with E-state index in [9.17, 15) is 9.18 Å². The number of amides is 1. The summed E-state index contributed by atoms with van der Waals surface area (Å²) < 4.78 is 19.5. The first-order chi connectivity index (χ1) is 14.0. The van der Waals surface area contributed by atoms with Crippen LogP contribution in [0.4, 0.5) is 4.39 Å². The number of hydrogen-bond acceptors (Lipinski definition) is 4. The molecule has 0 unspecified atom stereocenters. The van der Waals surface area contributed by atoms with Gasteiger partial charge >= 0.3 is 0 Å². The number of carbonyl (C=O) groups excluding carboxylic acids is 1. The molecule has 6 heteroatoms. The van der Waals surface area contributed by atoms with Gasteiger partial charge in [-0.3, -0.25) is 9.69 Å². The van der Waals surface area contributed by atoms with Crippen molar-refractivity contribution in [3.8, 4) is 5.75 Å². The molecule has 0 spiro atoms. The minimum absolute atomic E-state index is 0.0256. The van der Waals surface area contributed by atoms with Gasteiger partial charge in [-0.1, -0.05) is 18.2 Å². The van der Waals surface area contributed by atoms with Gasteiger partial charge in [-0.15, -0.1) is 0 Å². The number of ether oxygens (including phenoxy) is 1. The molecule has 1 amide bonds. The summed E-state index contributed by atoms with van der Waals surface area (Å²) in [6.07, 6.45) is 0. The molecule has 0 aromatic heterocycles. The van der Waals surface area contributed by atoms with Crippen molar-refractivity contribution in [1.82, 2.24) is 9.80 Å². The lowest BCUT2D eigenvalue weighted by molar-refractivity contribution is 0.0767. The third-order valence-corrected chi connectivity index (χ3v) is 6.18. The van der Waals surface area contributed by atoms with Crippen LogP contribution in [-0.2, 0) is 0 Å². The quantitative estimate of drug-likeness (QED) is 0.843. The minimum atomic E-state index is -0.213. The summed E-state index contributed by atoms with van der Waals surface area (Å²) >= 11 is 0. The molecule has 4 rings (SSSR count). The van der Waals surface area contributed by atoms with Crippen LogP contribution >= 0.6 is 0 Å². The summed E-state index contributed by atoms with van der Waals surface area (Å²) in [5.41, 5.74) is 8.14. The Labute approximate surface area is 171 Å². The second kappa shape index (κ2) is 8.13. The van der Waals surface area contributed by atoms with Crippen LogP contribution in [0.15, 0.2) is 42.5 Å². The lowest BCUT2D eigenvalue weighted by Crippen LogP contribution is -2.33. The molecule has 0 bridgehead atoms. The molecule has 3 atom stereocenters. The van der Waals surface area contributed by atoms with Crippen LogP contribution in [0.3, 0.4) is 0 Å². The van der Waals surface area contributed by atoms with Crippen LogP contribution in [0, 0.1) is 24.6 Å². The first kappa shape index (κ1) is 19.9. The van der Waals surface area contributed by atoms with Crippen molar-refractivity contribution in [2.24, 2.45) is 17.6 Å². The Balaban J connectivity index is 1.52. The van der Waals surface area contributed by atoms with Crippen LogP contribution in [0.2, 0.25) is 0 Å². The summed E-state index contributed by atoms with van der Waals surface area (Å²) in [6.45, 7) is 5.14. The first-order valence-electron chi connectivity index (χ1n) is 10.2. The second-order valence-electron chi connectivity index (χ2n) is 8.19. The monoisotopic (exact) mass is 397 g/mol. The summed E-state index contributed by atoms with van der Waals surface area (Å²) in [4.78, 5) is 17.4. The van der Waals surface area contributed by atoms with Gasteiger partial charge in [0.25, 0.3) is 5.91 Å². The van der Waals surface area contributed by atoms with Gasteiger partial charge in [0.1, 0.15) is 18.2 Å². The number of nitrogens with two attached hydrogens (primary N) is 1. The standard InChI is InChI=1S/C23H28FN3O2/c1-15-6-7-17(11-21(15)29-9-8-25)23(28)27-13-18-12-26(2)22(20(18)14-27)16-4-3-5-19(24)10-16/h3-7,10-11,18,20,22H,8-9,12-14,25H2,1-2H3/t18-,20+,22-/m0/s1. The summed E-state index contributed by atoms with van der Waals surface area (Å²) in [5, 5.41) is 0. The average molecular weight is 397 g/mol. The number of hydrogen-bond donors (Lipinski definition) is 1. The van der Waals surface area contributed by atoms with Gasteiger partial charge in [0.05, 0.1) is 0 Å². The maximum absolute atomic E-state index is 13.8. The fraction of sp³-hybridized carbons (Fsp3) is 0.435. The van der Waals surface area contributed by atoms with Crippen molar-refractivity contribution < 1.29 is 13.9 Å². The lowest BCUT2D eigenvalue weighted by atomic mass is 9.89. The molecule has 2 aliphatic rings. The van der Waals surface area contributed by atoms with Crippen LogP contribution in [-0.4, -0.2) is 55.5 Å². The van der Waals surface area contributed by atoms with E-state index in [1.807, 2.05) is 36.1 Å². The summed E-state index contributed by atoms with van der Waals surface area (Å²) in [5.74, 6) is 1.23. The van der Waals surface area contributed by atoms with Gasteiger partial charge in [-0.05, 0) is 55.3 Å². The molecule has 2 aromatic carbocycles. The van der Waals surface area contributed by atoms with Gasteiger partial charge in [0.15, 0.2) is 0 Å². The molecule has 2 heterocycles. The fourth-order valence-corrected chi connectivity index (χ4v) is 4.86. The molecular formula is C23H28FN3O2. The molecule has 5 nitrogen and oxygen atoms in total. The summed E-state index contributed by atoms with van der Waals surface area (Å²) in [6, 6.07) is 12.6. The van der Waals surface area contributed by atoms with Gasteiger partial charge in [-0.25, -0.2) is 4.39 Å². The number of carbonyl (C=O) groups is 1. The Morgan fingerprint density at radius 3 is 2.79 bits per heavy atom. The smallest absolute Gasteiger partial charge is 0.254 e. The lowest BCUT2D eigenvalue weighted by Gasteiger charge is -2.27. The molecule has 154 valence electrons. The predicted molar refractivity (Wildman–Crippen MR) is 110 cm³/mol. The molecule has 2 fully saturated rings. The number of likely N-dealkylation sites (tertiary alicyclic amines) is 2. The molecule has 0 aliphatic carbocycles. The molecule has 0 saturated carbocycles. The van der Waals surface area contributed by atoms with Gasteiger partial charge in [-0.2, -0.15) is 0 Å². The van der Waals surface area contributed by atoms with E-state index in [0.717, 1.165) is 24.2 Å². The third-order valence-electron chi connectivity index (χ3n) is 6.18. The number of aryl methyl sites for hydroxylation is 1. The van der Waals surface area contributed by atoms with E-state index in [1.54, 1.807) is 12.1 Å². The van der Waals surface area contributed by atoms with E-state index in [0.29, 0.717) is 42.8 Å². The molecular weight excluding hydrogens is 369 g/mol. The van der Waals surface area contributed by atoms with E-state index >= 15 is 0 Å². The SMILES string of the molecule is Cc1ccc(C(=O)N2C[C@@H]3CN(C)[C@@H](c4cccc(F)c4)[C@@H]3C2)cc1OCCN. The van der Waals surface area contributed by atoms with Gasteiger partial charge in [0.2, 0.25) is 0 Å². The number of fused-ring (bicyclic) bond motifs is 1. The molecule has 29 heavy (non-hydrogen) atoms. The van der Waals surface area contributed by atoms with Crippen molar-refractivity contribution in [3.63, 3.8) is 0 Å². The molecule has 2 aromatic rings.